The first-order valence-electron chi connectivity index (χ1n) is 10.1. The maximum absolute atomic E-state index is 6.00. The summed E-state index contributed by atoms with van der Waals surface area (Å²) in [6, 6.07) is 6.72. The normalized spacial score (nSPS) is 16.9. The van der Waals surface area contributed by atoms with E-state index in [1.165, 1.54) is 5.56 Å². The highest BCUT2D eigenvalue weighted by atomic mass is 16.4. The summed E-state index contributed by atoms with van der Waals surface area (Å²) in [5.41, 5.74) is 5.42. The molecule has 1 aliphatic heterocycles. The number of nitrogens with zero attached hydrogens (tertiary/aromatic N) is 6. The Balaban J connectivity index is 1.65. The van der Waals surface area contributed by atoms with Crippen LogP contribution in [0.15, 0.2) is 35.1 Å². The third-order valence-electron chi connectivity index (χ3n) is 5.55. The lowest BCUT2D eigenvalue weighted by atomic mass is 9.99. The Kier molecular flexibility index (Phi) is 4.15. The van der Waals surface area contributed by atoms with Crippen LogP contribution >= 0.6 is 0 Å². The van der Waals surface area contributed by atoms with Crippen molar-refractivity contribution in [2.75, 3.05) is 11.4 Å². The molecule has 0 aromatic carbocycles. The SMILES string of the molecule is CC(C)c1nnc(N2CCc3[nH]cnc3C2c2cc3c(C(C)C)cccn3n2)o1. The Morgan fingerprint density at radius 3 is 2.79 bits per heavy atom. The van der Waals surface area contributed by atoms with E-state index in [1.54, 1.807) is 6.33 Å². The topological polar surface area (TPSA) is 88.1 Å². The Morgan fingerprint density at radius 2 is 2.03 bits per heavy atom. The Labute approximate surface area is 169 Å². The number of aromatic amines is 1. The van der Waals surface area contributed by atoms with Gasteiger partial charge in [-0.2, -0.15) is 5.10 Å². The van der Waals surface area contributed by atoms with Crippen molar-refractivity contribution in [3.63, 3.8) is 0 Å². The number of fused-ring (bicyclic) bond motifs is 2. The van der Waals surface area contributed by atoms with Gasteiger partial charge in [-0.25, -0.2) is 9.50 Å². The highest BCUT2D eigenvalue weighted by Crippen LogP contribution is 2.37. The van der Waals surface area contributed by atoms with Crippen molar-refractivity contribution in [2.24, 2.45) is 0 Å². The number of aromatic nitrogens is 6. The van der Waals surface area contributed by atoms with Crippen LogP contribution in [0.1, 0.15) is 74.1 Å². The lowest BCUT2D eigenvalue weighted by molar-refractivity contribution is 0.446. The zero-order valence-corrected chi connectivity index (χ0v) is 17.1. The van der Waals surface area contributed by atoms with E-state index in [1.807, 2.05) is 30.6 Å². The monoisotopic (exact) mass is 391 g/mol. The summed E-state index contributed by atoms with van der Waals surface area (Å²) >= 11 is 0. The molecule has 150 valence electrons. The van der Waals surface area contributed by atoms with Crippen LogP contribution in [0.2, 0.25) is 0 Å². The van der Waals surface area contributed by atoms with Gasteiger partial charge in [-0.05, 0) is 23.6 Å². The molecule has 0 saturated heterocycles. The number of imidazole rings is 1. The summed E-state index contributed by atoms with van der Waals surface area (Å²) in [4.78, 5) is 10.0. The molecule has 1 unspecified atom stereocenters. The van der Waals surface area contributed by atoms with Crippen molar-refractivity contribution < 1.29 is 4.42 Å². The summed E-state index contributed by atoms with van der Waals surface area (Å²) in [5.74, 6) is 1.24. The molecule has 8 nitrogen and oxygen atoms in total. The summed E-state index contributed by atoms with van der Waals surface area (Å²) in [6.07, 6.45) is 4.59. The van der Waals surface area contributed by atoms with E-state index in [-0.39, 0.29) is 12.0 Å². The van der Waals surface area contributed by atoms with E-state index >= 15 is 0 Å². The van der Waals surface area contributed by atoms with Gasteiger partial charge in [0.05, 0.1) is 23.2 Å². The van der Waals surface area contributed by atoms with Crippen molar-refractivity contribution in [3.05, 3.63) is 59.3 Å². The van der Waals surface area contributed by atoms with Crippen LogP contribution in [0, 0.1) is 0 Å². The third-order valence-corrected chi connectivity index (χ3v) is 5.55. The molecular weight excluding hydrogens is 366 g/mol. The predicted octanol–water partition coefficient (Wildman–Crippen LogP) is 3.84. The summed E-state index contributed by atoms with van der Waals surface area (Å²) in [5, 5.41) is 13.5. The molecule has 0 saturated carbocycles. The van der Waals surface area contributed by atoms with Gasteiger partial charge in [-0.3, -0.25) is 0 Å². The highest BCUT2D eigenvalue weighted by Gasteiger charge is 2.36. The van der Waals surface area contributed by atoms with Gasteiger partial charge >= 0.3 is 6.01 Å². The standard InChI is InChI=1S/C21H25N7O/c1-12(2)14-6-5-8-28-17(14)10-16(26-28)19-18-15(22-11-23-18)7-9-27(19)21-25-24-20(29-21)13(3)4/h5-6,8,10-13,19H,7,9H2,1-4H3,(H,22,23). The second-order valence-electron chi connectivity index (χ2n) is 8.21. The molecule has 0 radical (unpaired) electrons. The fourth-order valence-electron chi connectivity index (χ4n) is 4.04. The zero-order chi connectivity index (χ0) is 20.1. The van der Waals surface area contributed by atoms with Gasteiger partial charge in [-0.15, -0.1) is 5.10 Å². The van der Waals surface area contributed by atoms with Gasteiger partial charge in [0.25, 0.3) is 0 Å². The van der Waals surface area contributed by atoms with Crippen molar-refractivity contribution in [3.8, 4) is 0 Å². The lowest BCUT2D eigenvalue weighted by Gasteiger charge is -2.32. The third kappa shape index (κ3) is 2.90. The van der Waals surface area contributed by atoms with Gasteiger partial charge in [0.1, 0.15) is 6.04 Å². The summed E-state index contributed by atoms with van der Waals surface area (Å²) in [6.45, 7) is 9.25. The van der Waals surface area contributed by atoms with Crippen LogP contribution in [0.25, 0.3) is 5.52 Å². The summed E-state index contributed by atoms with van der Waals surface area (Å²) in [7, 11) is 0. The van der Waals surface area contributed by atoms with E-state index in [0.717, 1.165) is 35.6 Å². The zero-order valence-electron chi connectivity index (χ0n) is 17.1. The molecule has 0 spiro atoms. The van der Waals surface area contributed by atoms with Crippen LogP contribution < -0.4 is 4.90 Å². The predicted molar refractivity (Wildman–Crippen MR) is 109 cm³/mol. The average Bonchev–Trinajstić information content (AvgIpc) is 3.44. The first kappa shape index (κ1) is 17.9. The number of anilines is 1. The fourth-order valence-corrected chi connectivity index (χ4v) is 4.04. The maximum Gasteiger partial charge on any atom is 0.319 e. The van der Waals surface area contributed by atoms with E-state index in [4.69, 9.17) is 9.52 Å². The van der Waals surface area contributed by atoms with Gasteiger partial charge in [-0.1, -0.05) is 38.9 Å². The number of hydrogen-bond donors (Lipinski definition) is 1. The molecule has 0 fully saturated rings. The van der Waals surface area contributed by atoms with Crippen molar-refractivity contribution >= 4 is 11.5 Å². The van der Waals surface area contributed by atoms with E-state index in [9.17, 15) is 0 Å². The summed E-state index contributed by atoms with van der Waals surface area (Å²) < 4.78 is 7.95. The lowest BCUT2D eigenvalue weighted by Crippen LogP contribution is -2.36. The molecule has 1 atom stereocenters. The largest absolute Gasteiger partial charge is 0.408 e. The Hall–Kier alpha value is -3.16. The van der Waals surface area contributed by atoms with Crippen LogP contribution in [-0.2, 0) is 6.42 Å². The molecule has 29 heavy (non-hydrogen) atoms. The number of H-pyrrole nitrogens is 1. The molecule has 4 aromatic heterocycles. The van der Waals surface area contributed by atoms with E-state index in [2.05, 4.69) is 51.0 Å². The minimum absolute atomic E-state index is 0.176. The minimum Gasteiger partial charge on any atom is -0.408 e. The Bertz CT molecular complexity index is 1150. The van der Waals surface area contributed by atoms with E-state index in [0.29, 0.717) is 17.8 Å². The Morgan fingerprint density at radius 1 is 1.17 bits per heavy atom. The number of hydrogen-bond acceptors (Lipinski definition) is 6. The molecule has 0 aliphatic carbocycles. The van der Waals surface area contributed by atoms with Gasteiger partial charge in [0.15, 0.2) is 0 Å². The number of nitrogens with one attached hydrogen (secondary N) is 1. The molecule has 5 rings (SSSR count). The molecule has 1 aliphatic rings. The molecule has 1 N–H and O–H groups in total. The smallest absolute Gasteiger partial charge is 0.319 e. The second kappa shape index (κ2) is 6.72. The minimum atomic E-state index is -0.176. The quantitative estimate of drug-likeness (QED) is 0.569. The highest BCUT2D eigenvalue weighted by molar-refractivity contribution is 5.58. The number of rotatable bonds is 4. The van der Waals surface area contributed by atoms with Gasteiger partial charge in [0, 0.05) is 30.8 Å². The first-order chi connectivity index (χ1) is 14.0. The first-order valence-corrected chi connectivity index (χ1v) is 10.1. The second-order valence-corrected chi connectivity index (χ2v) is 8.21. The van der Waals surface area contributed by atoms with Crippen LogP contribution in [0.4, 0.5) is 6.01 Å². The molecule has 0 amide bonds. The van der Waals surface area contributed by atoms with Crippen LogP contribution in [0.5, 0.6) is 0 Å². The molecule has 8 heteroatoms. The van der Waals surface area contributed by atoms with Gasteiger partial charge in [0.2, 0.25) is 5.89 Å². The maximum atomic E-state index is 6.00. The van der Waals surface area contributed by atoms with Crippen molar-refractivity contribution in [2.45, 2.75) is 52.0 Å². The van der Waals surface area contributed by atoms with Crippen LogP contribution in [0.3, 0.4) is 0 Å². The van der Waals surface area contributed by atoms with Crippen molar-refractivity contribution in [1.82, 2.24) is 29.8 Å². The molecule has 5 heterocycles. The van der Waals surface area contributed by atoms with Crippen molar-refractivity contribution in [1.29, 1.82) is 0 Å². The molecular formula is C21H25N7O. The van der Waals surface area contributed by atoms with Crippen LogP contribution in [-0.4, -0.2) is 36.3 Å². The molecule has 4 aromatic rings. The average molecular weight is 391 g/mol. The molecule has 0 bridgehead atoms. The van der Waals surface area contributed by atoms with Gasteiger partial charge < -0.3 is 14.3 Å². The number of pyridine rings is 1. The van der Waals surface area contributed by atoms with E-state index < -0.39 is 0 Å². The fraction of sp³-hybridized carbons (Fsp3) is 0.429.